The molecule has 1 atom stereocenters. The van der Waals surface area contributed by atoms with E-state index >= 15 is 0 Å². The maximum absolute atomic E-state index is 13.1. The van der Waals surface area contributed by atoms with Crippen LogP contribution in [0.15, 0.2) is 53.7 Å². The standard InChI is InChI=1S/C23H27N3O2/c1-13(2)17-9-11-18(12-10-17)21-20(16(5)24-23(28)26-21)22(27)25-19-8-6-7-14(3)15(19)4/h6-13,21H,1-5H3,(H,25,27)(H2,24,26,28)/t21-/m0/s1. The molecule has 146 valence electrons. The van der Waals surface area contributed by atoms with Gasteiger partial charge in [-0.05, 0) is 55.0 Å². The number of rotatable bonds is 4. The van der Waals surface area contributed by atoms with Gasteiger partial charge >= 0.3 is 6.03 Å². The van der Waals surface area contributed by atoms with Gasteiger partial charge in [-0.3, -0.25) is 4.79 Å². The van der Waals surface area contributed by atoms with Gasteiger partial charge in [-0.1, -0.05) is 50.2 Å². The van der Waals surface area contributed by atoms with Gasteiger partial charge in [0.1, 0.15) is 0 Å². The minimum Gasteiger partial charge on any atom is -0.327 e. The number of allylic oxidation sites excluding steroid dienone is 1. The molecule has 1 heterocycles. The summed E-state index contributed by atoms with van der Waals surface area (Å²) in [7, 11) is 0. The lowest BCUT2D eigenvalue weighted by atomic mass is 9.92. The first-order valence-electron chi connectivity index (χ1n) is 9.53. The molecule has 28 heavy (non-hydrogen) atoms. The zero-order valence-corrected chi connectivity index (χ0v) is 17.0. The first kappa shape index (κ1) is 19.7. The average Bonchev–Trinajstić information content (AvgIpc) is 2.64. The van der Waals surface area contributed by atoms with E-state index in [-0.39, 0.29) is 11.9 Å². The summed E-state index contributed by atoms with van der Waals surface area (Å²) >= 11 is 0. The SMILES string of the molecule is CC1=C(C(=O)Nc2cccc(C)c2C)[C@H](c2ccc(C(C)C)cc2)NC(=O)N1. The molecule has 3 rings (SSSR count). The van der Waals surface area contributed by atoms with Gasteiger partial charge in [0.25, 0.3) is 5.91 Å². The highest BCUT2D eigenvalue weighted by atomic mass is 16.2. The number of anilines is 1. The van der Waals surface area contributed by atoms with E-state index in [1.165, 1.54) is 5.56 Å². The van der Waals surface area contributed by atoms with Gasteiger partial charge < -0.3 is 16.0 Å². The number of urea groups is 1. The van der Waals surface area contributed by atoms with E-state index in [2.05, 4.69) is 29.8 Å². The molecule has 0 saturated heterocycles. The second kappa shape index (κ2) is 7.89. The molecule has 0 unspecified atom stereocenters. The summed E-state index contributed by atoms with van der Waals surface area (Å²) in [6, 6.07) is 13.1. The lowest BCUT2D eigenvalue weighted by Gasteiger charge is -2.29. The second-order valence-corrected chi connectivity index (χ2v) is 7.59. The highest BCUT2D eigenvalue weighted by Gasteiger charge is 2.31. The van der Waals surface area contributed by atoms with E-state index in [1.54, 1.807) is 6.92 Å². The van der Waals surface area contributed by atoms with E-state index in [0.717, 1.165) is 22.4 Å². The third kappa shape index (κ3) is 3.93. The molecule has 0 aromatic heterocycles. The Bertz CT molecular complexity index is 943. The Morgan fingerprint density at radius 2 is 1.71 bits per heavy atom. The molecule has 0 saturated carbocycles. The highest BCUT2D eigenvalue weighted by Crippen LogP contribution is 2.29. The number of amides is 3. The summed E-state index contributed by atoms with van der Waals surface area (Å²) in [6.45, 7) is 10.0. The van der Waals surface area contributed by atoms with Gasteiger partial charge in [0.15, 0.2) is 0 Å². The van der Waals surface area contributed by atoms with E-state index < -0.39 is 6.04 Å². The summed E-state index contributed by atoms with van der Waals surface area (Å²) in [4.78, 5) is 25.2. The van der Waals surface area contributed by atoms with Crippen molar-refractivity contribution in [2.45, 2.75) is 46.6 Å². The fourth-order valence-electron chi connectivity index (χ4n) is 3.39. The van der Waals surface area contributed by atoms with Crippen LogP contribution in [0, 0.1) is 13.8 Å². The van der Waals surface area contributed by atoms with Crippen LogP contribution in [0.3, 0.4) is 0 Å². The number of hydrogen-bond donors (Lipinski definition) is 3. The monoisotopic (exact) mass is 377 g/mol. The topological polar surface area (TPSA) is 70.2 Å². The molecule has 1 aliphatic rings. The number of carbonyl (C=O) groups excluding carboxylic acids is 2. The molecule has 0 bridgehead atoms. The van der Waals surface area contributed by atoms with Crippen molar-refractivity contribution >= 4 is 17.6 Å². The van der Waals surface area contributed by atoms with Crippen molar-refractivity contribution in [1.82, 2.24) is 10.6 Å². The van der Waals surface area contributed by atoms with Gasteiger partial charge in [0, 0.05) is 11.4 Å². The molecule has 2 aromatic rings. The van der Waals surface area contributed by atoms with Gasteiger partial charge in [-0.2, -0.15) is 0 Å². The van der Waals surface area contributed by atoms with Crippen LogP contribution in [-0.4, -0.2) is 11.9 Å². The maximum atomic E-state index is 13.1. The quantitative estimate of drug-likeness (QED) is 0.723. The summed E-state index contributed by atoms with van der Waals surface area (Å²) in [6.07, 6.45) is 0. The Balaban J connectivity index is 1.95. The van der Waals surface area contributed by atoms with Crippen molar-refractivity contribution in [3.8, 4) is 0 Å². The average molecular weight is 377 g/mol. The van der Waals surface area contributed by atoms with Gasteiger partial charge in [0.05, 0.1) is 11.6 Å². The lowest BCUT2D eigenvalue weighted by molar-refractivity contribution is -0.113. The molecule has 0 fully saturated rings. The largest absolute Gasteiger partial charge is 0.327 e. The van der Waals surface area contributed by atoms with Crippen LogP contribution < -0.4 is 16.0 Å². The number of aryl methyl sites for hydroxylation is 1. The van der Waals surface area contributed by atoms with Crippen LogP contribution in [0.1, 0.15) is 55.0 Å². The smallest absolute Gasteiger partial charge is 0.319 e. The molecule has 0 aliphatic carbocycles. The normalized spacial score (nSPS) is 16.6. The van der Waals surface area contributed by atoms with Crippen LogP contribution >= 0.6 is 0 Å². The second-order valence-electron chi connectivity index (χ2n) is 7.59. The number of hydrogen-bond acceptors (Lipinski definition) is 2. The zero-order valence-electron chi connectivity index (χ0n) is 17.0. The Hall–Kier alpha value is -3.08. The molecule has 2 aromatic carbocycles. The third-order valence-electron chi connectivity index (χ3n) is 5.30. The Kier molecular flexibility index (Phi) is 5.54. The van der Waals surface area contributed by atoms with Crippen molar-refractivity contribution < 1.29 is 9.59 Å². The first-order chi connectivity index (χ1) is 13.3. The van der Waals surface area contributed by atoms with Crippen LogP contribution in [0.25, 0.3) is 0 Å². The maximum Gasteiger partial charge on any atom is 0.319 e. The summed E-state index contributed by atoms with van der Waals surface area (Å²) in [5.74, 6) is 0.192. The van der Waals surface area contributed by atoms with Crippen molar-refractivity contribution in [1.29, 1.82) is 0 Å². The molecular weight excluding hydrogens is 350 g/mol. The minimum absolute atomic E-state index is 0.225. The number of nitrogens with one attached hydrogen (secondary N) is 3. The van der Waals surface area contributed by atoms with Crippen LogP contribution in [-0.2, 0) is 4.79 Å². The van der Waals surface area contributed by atoms with Crippen molar-refractivity contribution in [3.05, 3.63) is 76.0 Å². The molecule has 5 heteroatoms. The van der Waals surface area contributed by atoms with Crippen LogP contribution in [0.5, 0.6) is 0 Å². The third-order valence-corrected chi connectivity index (χ3v) is 5.30. The van der Waals surface area contributed by atoms with Gasteiger partial charge in [-0.25, -0.2) is 4.79 Å². The van der Waals surface area contributed by atoms with E-state index in [4.69, 9.17) is 0 Å². The fourth-order valence-corrected chi connectivity index (χ4v) is 3.39. The number of carbonyl (C=O) groups is 2. The van der Waals surface area contributed by atoms with Gasteiger partial charge in [-0.15, -0.1) is 0 Å². The molecule has 3 N–H and O–H groups in total. The lowest BCUT2D eigenvalue weighted by Crippen LogP contribution is -2.46. The summed E-state index contributed by atoms with van der Waals surface area (Å²) in [5, 5.41) is 8.61. The minimum atomic E-state index is -0.500. The fraction of sp³-hybridized carbons (Fsp3) is 0.304. The van der Waals surface area contributed by atoms with Crippen LogP contribution in [0.2, 0.25) is 0 Å². The summed E-state index contributed by atoms with van der Waals surface area (Å²) < 4.78 is 0. The molecule has 3 amide bonds. The number of benzene rings is 2. The van der Waals surface area contributed by atoms with Gasteiger partial charge in [0.2, 0.25) is 0 Å². The van der Waals surface area contributed by atoms with Crippen molar-refractivity contribution in [2.75, 3.05) is 5.32 Å². The Morgan fingerprint density at radius 1 is 1.04 bits per heavy atom. The molecule has 0 spiro atoms. The molecular formula is C23H27N3O2. The molecule has 1 aliphatic heterocycles. The summed E-state index contributed by atoms with van der Waals surface area (Å²) in [5.41, 5.74) is 6.08. The Morgan fingerprint density at radius 3 is 2.36 bits per heavy atom. The van der Waals surface area contributed by atoms with E-state index in [0.29, 0.717) is 17.2 Å². The van der Waals surface area contributed by atoms with E-state index in [9.17, 15) is 9.59 Å². The van der Waals surface area contributed by atoms with E-state index in [1.807, 2.05) is 56.3 Å². The van der Waals surface area contributed by atoms with Crippen molar-refractivity contribution in [2.24, 2.45) is 0 Å². The van der Waals surface area contributed by atoms with Crippen molar-refractivity contribution in [3.63, 3.8) is 0 Å². The highest BCUT2D eigenvalue weighted by molar-refractivity contribution is 6.07. The molecule has 5 nitrogen and oxygen atoms in total. The predicted molar refractivity (Wildman–Crippen MR) is 112 cm³/mol. The first-order valence-corrected chi connectivity index (χ1v) is 9.53. The van der Waals surface area contributed by atoms with Crippen LogP contribution in [0.4, 0.5) is 10.5 Å². The molecule has 0 radical (unpaired) electrons. The zero-order chi connectivity index (χ0) is 20.4. The Labute approximate surface area is 166 Å². The predicted octanol–water partition coefficient (Wildman–Crippen LogP) is 4.69.